The van der Waals surface area contributed by atoms with Gasteiger partial charge in [-0.2, -0.15) is 0 Å². The first-order valence-corrected chi connectivity index (χ1v) is 6.04. The third-order valence-corrected chi connectivity index (χ3v) is 2.93. The van der Waals surface area contributed by atoms with Crippen LogP contribution in [0, 0.1) is 5.92 Å². The van der Waals surface area contributed by atoms with Crippen molar-refractivity contribution >= 4 is 0 Å². The summed E-state index contributed by atoms with van der Waals surface area (Å²) in [6, 6.07) is 0. The Bertz CT molecular complexity index is 162. The zero-order chi connectivity index (χ0) is 10.6. The van der Waals surface area contributed by atoms with Crippen molar-refractivity contribution in [3.63, 3.8) is 0 Å². The van der Waals surface area contributed by atoms with Crippen molar-refractivity contribution in [3.8, 4) is 0 Å². The van der Waals surface area contributed by atoms with E-state index >= 15 is 0 Å². The quantitative estimate of drug-likeness (QED) is 0.674. The molecule has 1 aliphatic carbocycles. The molecule has 1 N–H and O–H groups in total. The van der Waals surface area contributed by atoms with Gasteiger partial charge >= 0.3 is 0 Å². The first kappa shape index (κ1) is 12.0. The van der Waals surface area contributed by atoms with Gasteiger partial charge in [-0.15, -0.1) is 0 Å². The van der Waals surface area contributed by atoms with Crippen LogP contribution >= 0.6 is 0 Å². The summed E-state index contributed by atoms with van der Waals surface area (Å²) in [5.74, 6) is 1.01. The molecule has 0 amide bonds. The van der Waals surface area contributed by atoms with Crippen LogP contribution in [-0.2, 0) is 0 Å². The minimum absolute atomic E-state index is 0.264. The Labute approximate surface area is 89.1 Å². The molecule has 0 aromatic heterocycles. The van der Waals surface area contributed by atoms with Crippen LogP contribution in [0.25, 0.3) is 0 Å². The highest BCUT2D eigenvalue weighted by Gasteiger charge is 2.26. The lowest BCUT2D eigenvalue weighted by atomic mass is 10.0. The van der Waals surface area contributed by atoms with E-state index in [-0.39, 0.29) is 5.54 Å². The Morgan fingerprint density at radius 1 is 1.29 bits per heavy atom. The maximum absolute atomic E-state index is 3.54. The van der Waals surface area contributed by atoms with E-state index in [1.165, 1.54) is 32.5 Å². The van der Waals surface area contributed by atoms with Crippen molar-refractivity contribution in [2.75, 3.05) is 26.2 Å². The van der Waals surface area contributed by atoms with Crippen LogP contribution in [0.1, 0.15) is 40.5 Å². The third kappa shape index (κ3) is 4.43. The molecule has 0 unspecified atom stereocenters. The van der Waals surface area contributed by atoms with Crippen LogP contribution in [0.4, 0.5) is 0 Å². The summed E-state index contributed by atoms with van der Waals surface area (Å²) >= 11 is 0. The Balaban J connectivity index is 2.29. The van der Waals surface area contributed by atoms with E-state index in [2.05, 4.69) is 37.9 Å². The summed E-state index contributed by atoms with van der Waals surface area (Å²) in [7, 11) is 0. The van der Waals surface area contributed by atoms with Crippen LogP contribution in [0.15, 0.2) is 0 Å². The summed E-state index contributed by atoms with van der Waals surface area (Å²) in [4.78, 5) is 2.58. The van der Waals surface area contributed by atoms with Crippen LogP contribution < -0.4 is 5.32 Å². The van der Waals surface area contributed by atoms with Crippen LogP contribution in [0.3, 0.4) is 0 Å². The lowest BCUT2D eigenvalue weighted by molar-refractivity contribution is 0.203. The average molecular weight is 198 g/mol. The van der Waals surface area contributed by atoms with E-state index in [4.69, 9.17) is 0 Å². The summed E-state index contributed by atoms with van der Waals surface area (Å²) in [6.45, 7) is 13.8. The second-order valence-electron chi connectivity index (χ2n) is 5.19. The number of hydrogen-bond donors (Lipinski definition) is 1. The molecule has 0 spiro atoms. The Kier molecular flexibility index (Phi) is 4.39. The standard InChI is InChI=1S/C12H26N2/c1-5-13-12(3,4)10-14(6-2)9-11-7-8-11/h11,13H,5-10H2,1-4H3. The van der Waals surface area contributed by atoms with Gasteiger partial charge in [0.15, 0.2) is 0 Å². The molecule has 1 fully saturated rings. The van der Waals surface area contributed by atoms with Crippen molar-refractivity contribution in [1.82, 2.24) is 10.2 Å². The van der Waals surface area contributed by atoms with E-state index in [9.17, 15) is 0 Å². The van der Waals surface area contributed by atoms with Gasteiger partial charge < -0.3 is 10.2 Å². The van der Waals surface area contributed by atoms with E-state index in [1.54, 1.807) is 0 Å². The molecule has 1 saturated carbocycles. The van der Waals surface area contributed by atoms with Gasteiger partial charge in [0.1, 0.15) is 0 Å². The highest BCUT2D eigenvalue weighted by atomic mass is 15.2. The fraction of sp³-hybridized carbons (Fsp3) is 1.00. The van der Waals surface area contributed by atoms with Gasteiger partial charge in [0.05, 0.1) is 0 Å². The first-order chi connectivity index (χ1) is 6.57. The predicted molar refractivity (Wildman–Crippen MR) is 62.6 cm³/mol. The smallest absolute Gasteiger partial charge is 0.0252 e. The molecular formula is C12H26N2. The maximum atomic E-state index is 3.54. The summed E-state index contributed by atoms with van der Waals surface area (Å²) < 4.78 is 0. The molecule has 0 atom stereocenters. The summed E-state index contributed by atoms with van der Waals surface area (Å²) in [5.41, 5.74) is 0.264. The molecule has 2 nitrogen and oxygen atoms in total. The summed E-state index contributed by atoms with van der Waals surface area (Å²) in [5, 5.41) is 3.54. The van der Waals surface area contributed by atoms with Crippen molar-refractivity contribution in [1.29, 1.82) is 0 Å². The molecule has 84 valence electrons. The van der Waals surface area contributed by atoms with Gasteiger partial charge in [-0.25, -0.2) is 0 Å². The number of nitrogens with one attached hydrogen (secondary N) is 1. The second-order valence-corrected chi connectivity index (χ2v) is 5.19. The third-order valence-electron chi connectivity index (χ3n) is 2.93. The fourth-order valence-electron chi connectivity index (χ4n) is 2.06. The highest BCUT2D eigenvalue weighted by Crippen LogP contribution is 2.29. The molecule has 0 saturated heterocycles. The molecule has 2 heteroatoms. The van der Waals surface area contributed by atoms with Crippen molar-refractivity contribution in [3.05, 3.63) is 0 Å². The number of rotatable bonds is 7. The molecule has 1 rings (SSSR count). The Hall–Kier alpha value is -0.0800. The lowest BCUT2D eigenvalue weighted by Crippen LogP contribution is -2.49. The molecule has 0 aromatic carbocycles. The second kappa shape index (κ2) is 5.13. The molecular weight excluding hydrogens is 172 g/mol. The van der Waals surface area contributed by atoms with Gasteiger partial charge in [-0.1, -0.05) is 13.8 Å². The molecule has 1 aliphatic rings. The molecule has 0 radical (unpaired) electrons. The SMILES string of the molecule is CCNC(C)(C)CN(CC)CC1CC1. The number of hydrogen-bond acceptors (Lipinski definition) is 2. The van der Waals surface area contributed by atoms with E-state index in [0.29, 0.717) is 0 Å². The average Bonchev–Trinajstić information content (AvgIpc) is 2.86. The van der Waals surface area contributed by atoms with Crippen LogP contribution in [0.2, 0.25) is 0 Å². The maximum Gasteiger partial charge on any atom is 0.0252 e. The monoisotopic (exact) mass is 198 g/mol. The zero-order valence-electron chi connectivity index (χ0n) is 10.3. The van der Waals surface area contributed by atoms with E-state index in [0.717, 1.165) is 12.5 Å². The van der Waals surface area contributed by atoms with Gasteiger partial charge in [-0.05, 0) is 45.7 Å². The number of likely N-dealkylation sites (N-methyl/N-ethyl adjacent to an activating group) is 2. The van der Waals surface area contributed by atoms with Crippen LogP contribution in [0.5, 0.6) is 0 Å². The topological polar surface area (TPSA) is 15.3 Å². The highest BCUT2D eigenvalue weighted by molar-refractivity contribution is 4.84. The minimum Gasteiger partial charge on any atom is -0.311 e. The Morgan fingerprint density at radius 2 is 1.93 bits per heavy atom. The van der Waals surface area contributed by atoms with E-state index < -0.39 is 0 Å². The van der Waals surface area contributed by atoms with E-state index in [1.807, 2.05) is 0 Å². The zero-order valence-corrected chi connectivity index (χ0v) is 10.3. The number of nitrogens with zero attached hydrogens (tertiary/aromatic N) is 1. The molecule has 0 aliphatic heterocycles. The molecule has 14 heavy (non-hydrogen) atoms. The van der Waals surface area contributed by atoms with Crippen molar-refractivity contribution in [2.24, 2.45) is 5.92 Å². The molecule has 0 aromatic rings. The normalized spacial score (nSPS) is 17.8. The van der Waals surface area contributed by atoms with Crippen molar-refractivity contribution in [2.45, 2.75) is 46.1 Å². The predicted octanol–water partition coefficient (Wildman–Crippen LogP) is 2.11. The minimum atomic E-state index is 0.264. The van der Waals surface area contributed by atoms with Gasteiger partial charge in [0, 0.05) is 18.6 Å². The van der Waals surface area contributed by atoms with Gasteiger partial charge in [0.2, 0.25) is 0 Å². The van der Waals surface area contributed by atoms with Crippen LogP contribution in [-0.4, -0.2) is 36.6 Å². The van der Waals surface area contributed by atoms with Gasteiger partial charge in [-0.3, -0.25) is 0 Å². The Morgan fingerprint density at radius 3 is 2.36 bits per heavy atom. The largest absolute Gasteiger partial charge is 0.311 e. The van der Waals surface area contributed by atoms with Gasteiger partial charge in [0.25, 0.3) is 0 Å². The fourth-order valence-corrected chi connectivity index (χ4v) is 2.06. The first-order valence-electron chi connectivity index (χ1n) is 6.04. The lowest BCUT2D eigenvalue weighted by Gasteiger charge is -2.32. The molecule has 0 heterocycles. The van der Waals surface area contributed by atoms with Crippen molar-refractivity contribution < 1.29 is 0 Å². The summed E-state index contributed by atoms with van der Waals surface area (Å²) in [6.07, 6.45) is 2.91. The molecule has 0 bridgehead atoms.